The van der Waals surface area contributed by atoms with Gasteiger partial charge in [0.2, 0.25) is 0 Å². The van der Waals surface area contributed by atoms with Crippen LogP contribution < -0.4 is 14.4 Å². The summed E-state index contributed by atoms with van der Waals surface area (Å²) in [4.78, 5) is 87.5. The van der Waals surface area contributed by atoms with E-state index in [1.165, 1.54) is 43.9 Å². The Kier molecular flexibility index (Phi) is 11.7. The number of aromatic nitrogens is 2. The maximum Gasteiger partial charge on any atom is 0.325 e. The van der Waals surface area contributed by atoms with Gasteiger partial charge in [-0.2, -0.15) is 0 Å². The molecule has 1 heterocycles. The summed E-state index contributed by atoms with van der Waals surface area (Å²) in [7, 11) is 5.82. The van der Waals surface area contributed by atoms with Crippen LogP contribution in [0.15, 0.2) is 60.8 Å². The zero-order chi connectivity index (χ0) is 44.5. The number of nitrogens with zero attached hydrogens (tertiary/aromatic N) is 10. The van der Waals surface area contributed by atoms with Gasteiger partial charge in [-0.05, 0) is 39.2 Å². The van der Waals surface area contributed by atoms with Crippen LogP contribution in [-0.2, 0) is 6.54 Å². The molecule has 0 atom stereocenters. The van der Waals surface area contributed by atoms with Crippen LogP contribution in [0.1, 0.15) is 27.4 Å². The highest BCUT2D eigenvalue weighted by molar-refractivity contribution is 6.13. The fourth-order valence-corrected chi connectivity index (χ4v) is 5.89. The summed E-state index contributed by atoms with van der Waals surface area (Å²) in [6.07, 6.45) is 1.31. The molecule has 1 aromatic heterocycles. The van der Waals surface area contributed by atoms with Gasteiger partial charge in [0.1, 0.15) is 17.3 Å². The number of imidazole rings is 1. The van der Waals surface area contributed by atoms with Crippen molar-refractivity contribution in [2.75, 3.05) is 33.1 Å². The van der Waals surface area contributed by atoms with Crippen molar-refractivity contribution in [3.8, 4) is 28.7 Å². The topological polar surface area (TPSA) is 319 Å². The quantitative estimate of drug-likeness (QED) is 0.0566. The van der Waals surface area contributed by atoms with Gasteiger partial charge in [-0.3, -0.25) is 70.0 Å². The second-order valence-corrected chi connectivity index (χ2v) is 12.9. The van der Waals surface area contributed by atoms with E-state index in [0.29, 0.717) is 24.3 Å². The average molecular weight is 835 g/mol. The van der Waals surface area contributed by atoms with Gasteiger partial charge < -0.3 is 19.3 Å². The summed E-state index contributed by atoms with van der Waals surface area (Å²) >= 11 is 0. The van der Waals surface area contributed by atoms with Gasteiger partial charge in [0.25, 0.3) is 22.9 Å². The Hall–Kier alpha value is -8.55. The third-order valence-electron chi connectivity index (χ3n) is 8.43. The van der Waals surface area contributed by atoms with Crippen molar-refractivity contribution in [3.63, 3.8) is 0 Å². The largest absolute Gasteiger partial charge is 0.438 e. The summed E-state index contributed by atoms with van der Waals surface area (Å²) < 4.78 is 28.7. The summed E-state index contributed by atoms with van der Waals surface area (Å²) in [6, 6.07) is 6.96. The standard InChI is InChI=1S/C34H27FN10O15/c1-17-36-15-20(16-37(2)3)39(17)29-22(30(46)21-8-6-7-9-23(21)35)14-24(38(4)5)33(59-31-25(42(51)52)10-18(40(47)48)11-26(31)43(53)54)34(29)60-32-27(44(55)56)12-19(41(49)50)13-28(32)45(57)58/h6-15H,16H2,1-5H3. The zero-order valence-electron chi connectivity index (χ0n) is 31.5. The first-order valence-electron chi connectivity index (χ1n) is 16.6. The fraction of sp³-hybridized carbons (Fsp3) is 0.176. The predicted octanol–water partition coefficient (Wildman–Crippen LogP) is 6.71. The van der Waals surface area contributed by atoms with E-state index in [1.807, 2.05) is 0 Å². The van der Waals surface area contributed by atoms with Crippen LogP contribution in [0.25, 0.3) is 5.69 Å². The molecule has 0 fully saturated rings. The van der Waals surface area contributed by atoms with E-state index in [1.54, 1.807) is 19.0 Å². The Morgan fingerprint density at radius 1 is 0.667 bits per heavy atom. The lowest BCUT2D eigenvalue weighted by Gasteiger charge is -2.26. The normalized spacial score (nSPS) is 10.9. The molecule has 0 amide bonds. The molecule has 0 saturated carbocycles. The van der Waals surface area contributed by atoms with E-state index in [4.69, 9.17) is 9.47 Å². The molecule has 5 aromatic rings. The van der Waals surface area contributed by atoms with E-state index in [9.17, 15) is 65.5 Å². The number of nitro groups is 6. The minimum Gasteiger partial charge on any atom is -0.438 e. The Balaban J connectivity index is 2.11. The summed E-state index contributed by atoms with van der Waals surface area (Å²) in [6.45, 7) is 1.37. The number of rotatable bonds is 16. The Labute approximate surface area is 333 Å². The van der Waals surface area contributed by atoms with E-state index >= 15 is 4.39 Å². The number of benzene rings is 4. The van der Waals surface area contributed by atoms with Gasteiger partial charge in [-0.15, -0.1) is 0 Å². The Bertz CT molecular complexity index is 2610. The van der Waals surface area contributed by atoms with Crippen LogP contribution in [0.4, 0.5) is 44.2 Å². The molecule has 4 aromatic carbocycles. The number of ether oxygens (including phenoxy) is 2. The van der Waals surface area contributed by atoms with E-state index in [-0.39, 0.29) is 18.1 Å². The summed E-state index contributed by atoms with van der Waals surface area (Å²) in [5.74, 6) is -6.67. The van der Waals surface area contributed by atoms with Gasteiger partial charge in [-0.25, -0.2) is 9.37 Å². The Morgan fingerprint density at radius 2 is 1.12 bits per heavy atom. The number of anilines is 1. The molecular weight excluding hydrogens is 807 g/mol. The summed E-state index contributed by atoms with van der Waals surface area (Å²) in [5.41, 5.74) is -9.66. The lowest BCUT2D eigenvalue weighted by atomic mass is 9.98. The number of hydrogen-bond acceptors (Lipinski definition) is 18. The molecule has 0 N–H and O–H groups in total. The SMILES string of the molecule is Cc1ncc(CN(C)C)n1-c1c(C(=O)c2ccccc2F)cc(N(C)C)c(Oc2c([N+](=O)[O-])cc([N+](=O)[O-])cc2[N+](=O)[O-])c1Oc1c([N+](=O)[O-])cc([N+](=O)[O-])cc1[N+](=O)[O-]. The van der Waals surface area contributed by atoms with E-state index in [0.717, 1.165) is 23.1 Å². The number of nitro benzene ring substituents is 6. The van der Waals surface area contributed by atoms with Gasteiger partial charge in [0, 0.05) is 20.6 Å². The monoisotopic (exact) mass is 834 g/mol. The highest BCUT2D eigenvalue weighted by Gasteiger charge is 2.40. The van der Waals surface area contributed by atoms with Crippen LogP contribution >= 0.6 is 0 Å². The van der Waals surface area contributed by atoms with E-state index < -0.39 is 121 Å². The minimum absolute atomic E-state index is 0.00262. The molecule has 26 heteroatoms. The predicted molar refractivity (Wildman–Crippen MR) is 203 cm³/mol. The maximum absolute atomic E-state index is 15.4. The number of carbonyl (C=O) groups is 1. The van der Waals surface area contributed by atoms with Gasteiger partial charge in [-0.1, -0.05) is 12.1 Å². The lowest BCUT2D eigenvalue weighted by Crippen LogP contribution is -2.19. The summed E-state index contributed by atoms with van der Waals surface area (Å²) in [5, 5.41) is 73.2. The number of ketones is 1. The van der Waals surface area contributed by atoms with Crippen LogP contribution in [0.3, 0.4) is 0 Å². The number of carbonyl (C=O) groups excluding carboxylic acids is 1. The highest BCUT2D eigenvalue weighted by Crippen LogP contribution is 2.54. The van der Waals surface area contributed by atoms with Crippen molar-refractivity contribution < 1.29 is 48.2 Å². The van der Waals surface area contributed by atoms with Crippen LogP contribution in [0, 0.1) is 73.4 Å². The smallest absolute Gasteiger partial charge is 0.325 e. The fourth-order valence-electron chi connectivity index (χ4n) is 5.89. The zero-order valence-corrected chi connectivity index (χ0v) is 31.5. The van der Waals surface area contributed by atoms with Crippen molar-refractivity contribution in [1.82, 2.24) is 14.5 Å². The molecule has 0 spiro atoms. The van der Waals surface area contributed by atoms with Gasteiger partial charge >= 0.3 is 22.7 Å². The third kappa shape index (κ3) is 8.14. The van der Waals surface area contributed by atoms with Crippen molar-refractivity contribution >= 4 is 45.6 Å². The van der Waals surface area contributed by atoms with Crippen LogP contribution in [0.2, 0.25) is 0 Å². The van der Waals surface area contributed by atoms with Gasteiger partial charge in [0.15, 0.2) is 17.3 Å². The molecule has 0 aliphatic rings. The molecule has 310 valence electrons. The molecule has 0 aliphatic carbocycles. The van der Waals surface area contributed by atoms with Crippen molar-refractivity contribution in [3.05, 3.63) is 150 Å². The first kappa shape index (κ1) is 42.6. The number of non-ortho nitro benzene ring substituents is 2. The number of aryl methyl sites for hydroxylation is 1. The van der Waals surface area contributed by atoms with Crippen molar-refractivity contribution in [1.29, 1.82) is 0 Å². The molecule has 0 bridgehead atoms. The molecule has 60 heavy (non-hydrogen) atoms. The van der Waals surface area contributed by atoms with Gasteiger partial charge in [0.05, 0.1) is 82.5 Å². The second-order valence-electron chi connectivity index (χ2n) is 12.9. The van der Waals surface area contributed by atoms with Crippen molar-refractivity contribution in [2.24, 2.45) is 0 Å². The van der Waals surface area contributed by atoms with Crippen LogP contribution in [0.5, 0.6) is 23.0 Å². The number of hydrogen-bond donors (Lipinski definition) is 0. The second kappa shape index (κ2) is 16.5. The molecule has 0 saturated heterocycles. The third-order valence-corrected chi connectivity index (χ3v) is 8.43. The molecular formula is C34H27FN10O15. The maximum atomic E-state index is 15.4. The molecule has 0 aliphatic heterocycles. The average Bonchev–Trinajstić information content (AvgIpc) is 3.52. The Morgan fingerprint density at radius 3 is 1.52 bits per heavy atom. The highest BCUT2D eigenvalue weighted by atomic mass is 19.1. The van der Waals surface area contributed by atoms with E-state index in [2.05, 4.69) is 4.98 Å². The van der Waals surface area contributed by atoms with Crippen LogP contribution in [-0.4, -0.2) is 78.0 Å². The first-order chi connectivity index (χ1) is 28.1. The molecule has 0 unspecified atom stereocenters. The molecule has 5 rings (SSSR count). The molecule has 0 radical (unpaired) electrons. The molecule has 25 nitrogen and oxygen atoms in total. The first-order valence-corrected chi connectivity index (χ1v) is 16.6. The number of halogens is 1. The van der Waals surface area contributed by atoms with Crippen molar-refractivity contribution in [2.45, 2.75) is 13.5 Å². The lowest BCUT2D eigenvalue weighted by molar-refractivity contribution is -0.404. The minimum atomic E-state index is -1.40.